The number of aliphatic hydroxyl groups is 1. The van der Waals surface area contributed by atoms with E-state index in [2.05, 4.69) is 4.99 Å². The van der Waals surface area contributed by atoms with Crippen molar-refractivity contribution in [3.63, 3.8) is 0 Å². The summed E-state index contributed by atoms with van der Waals surface area (Å²) in [4.78, 5) is 3.75. The molecule has 2 rings (SSSR count). The molecule has 0 amide bonds. The average molecular weight is 349 g/mol. The fourth-order valence-electron chi connectivity index (χ4n) is 2.99. The second-order valence-electron chi connectivity index (χ2n) is 6.70. The first-order valence-corrected chi connectivity index (χ1v) is 7.36. The number of alkyl halides is 3. The first kappa shape index (κ1) is 18.5. The molecule has 1 aromatic rings. The molecule has 1 aliphatic rings. The molecule has 4 nitrogen and oxygen atoms in total. The molecule has 0 radical (unpaired) electrons. The van der Waals surface area contributed by atoms with Gasteiger partial charge in [-0.2, -0.15) is 13.2 Å². The van der Waals surface area contributed by atoms with Gasteiger partial charge in [0.2, 0.25) is 0 Å². The largest absolute Gasteiger partial charge is 0.508 e. The Labute approximate surface area is 136 Å². The third-order valence-corrected chi connectivity index (χ3v) is 4.16. The monoisotopic (exact) mass is 349 g/mol. The van der Waals surface area contributed by atoms with Crippen molar-refractivity contribution >= 4 is 6.40 Å². The predicted molar refractivity (Wildman–Crippen MR) is 79.6 cm³/mol. The zero-order chi connectivity index (χ0) is 18.2. The summed E-state index contributed by atoms with van der Waals surface area (Å²) in [5.74, 6) is -1.01. The lowest BCUT2D eigenvalue weighted by Crippen LogP contribution is -2.51. The maximum absolute atomic E-state index is 13.5. The van der Waals surface area contributed by atoms with E-state index in [0.29, 0.717) is 0 Å². The minimum absolute atomic E-state index is 0.00338. The van der Waals surface area contributed by atoms with E-state index in [1.54, 1.807) is 0 Å². The van der Waals surface area contributed by atoms with Crippen molar-refractivity contribution in [1.29, 1.82) is 0 Å². The summed E-state index contributed by atoms with van der Waals surface area (Å²) in [5, 5.41) is 20.2. The van der Waals surface area contributed by atoms with Crippen molar-refractivity contribution in [1.82, 2.24) is 0 Å². The Bertz CT molecular complexity index is 630. The Morgan fingerprint density at radius 1 is 1.29 bits per heavy atom. The second kappa shape index (κ2) is 6.23. The molecule has 2 N–H and O–H groups in total. The summed E-state index contributed by atoms with van der Waals surface area (Å²) in [6.07, 6.45) is -5.28. The molecule has 0 saturated carbocycles. The van der Waals surface area contributed by atoms with Crippen LogP contribution in [0.25, 0.3) is 0 Å². The van der Waals surface area contributed by atoms with Gasteiger partial charge in [-0.3, -0.25) is 4.99 Å². The zero-order valence-electron chi connectivity index (χ0n) is 13.3. The Morgan fingerprint density at radius 2 is 1.96 bits per heavy atom. The van der Waals surface area contributed by atoms with Gasteiger partial charge in [-0.1, -0.05) is 13.8 Å². The lowest BCUT2D eigenvalue weighted by atomic mass is 9.72. The topological polar surface area (TPSA) is 62.0 Å². The minimum atomic E-state index is -4.91. The number of phenols is 1. The van der Waals surface area contributed by atoms with Gasteiger partial charge in [0.1, 0.15) is 18.2 Å². The Hall–Kier alpha value is -1.83. The first-order chi connectivity index (χ1) is 10.9. The van der Waals surface area contributed by atoms with Crippen LogP contribution in [-0.4, -0.2) is 41.0 Å². The quantitative estimate of drug-likeness (QED) is 0.802. The molecule has 24 heavy (non-hydrogen) atoms. The van der Waals surface area contributed by atoms with E-state index in [9.17, 15) is 27.8 Å². The number of nitrogens with zero attached hydrogens (tertiary/aromatic N) is 1. The van der Waals surface area contributed by atoms with Crippen LogP contribution in [-0.2, 0) is 10.2 Å². The van der Waals surface area contributed by atoms with Gasteiger partial charge in [0.05, 0.1) is 6.04 Å². The van der Waals surface area contributed by atoms with Crippen LogP contribution in [0.2, 0.25) is 0 Å². The fourth-order valence-corrected chi connectivity index (χ4v) is 2.99. The van der Waals surface area contributed by atoms with Gasteiger partial charge in [0, 0.05) is 12.0 Å². The van der Waals surface area contributed by atoms with Gasteiger partial charge in [-0.05, 0) is 30.0 Å². The second-order valence-corrected chi connectivity index (χ2v) is 6.70. The molecule has 2 atom stereocenters. The number of ether oxygens (including phenoxy) is 1. The lowest BCUT2D eigenvalue weighted by molar-refractivity contribution is -0.270. The summed E-state index contributed by atoms with van der Waals surface area (Å²) in [5.41, 5.74) is -4.39. The van der Waals surface area contributed by atoms with E-state index in [1.165, 1.54) is 13.8 Å². The number of hydrogen-bond donors (Lipinski definition) is 2. The first-order valence-electron chi connectivity index (χ1n) is 7.36. The molecular formula is C16H19F4NO3. The van der Waals surface area contributed by atoms with Crippen LogP contribution < -0.4 is 0 Å². The van der Waals surface area contributed by atoms with Gasteiger partial charge in [0.25, 0.3) is 0 Å². The van der Waals surface area contributed by atoms with E-state index < -0.39 is 41.9 Å². The van der Waals surface area contributed by atoms with Crippen molar-refractivity contribution in [2.75, 3.05) is 6.61 Å². The summed E-state index contributed by atoms with van der Waals surface area (Å²) < 4.78 is 58.8. The molecule has 0 fully saturated rings. The molecule has 8 heteroatoms. The molecule has 134 valence electrons. The van der Waals surface area contributed by atoms with Crippen LogP contribution in [0.3, 0.4) is 0 Å². The minimum Gasteiger partial charge on any atom is -0.508 e. The van der Waals surface area contributed by atoms with Gasteiger partial charge < -0.3 is 14.9 Å². The molecule has 0 aliphatic carbocycles. The summed E-state index contributed by atoms with van der Waals surface area (Å²) in [6, 6.07) is 2.25. The zero-order valence-corrected chi connectivity index (χ0v) is 13.3. The Balaban J connectivity index is 2.33. The Kier molecular flexibility index (Phi) is 4.81. The third-order valence-electron chi connectivity index (χ3n) is 4.16. The van der Waals surface area contributed by atoms with Crippen LogP contribution in [0.5, 0.6) is 5.75 Å². The van der Waals surface area contributed by atoms with Crippen LogP contribution in [0.1, 0.15) is 32.3 Å². The van der Waals surface area contributed by atoms with Gasteiger partial charge in [-0.25, -0.2) is 4.39 Å². The van der Waals surface area contributed by atoms with Gasteiger partial charge in [-0.15, -0.1) is 0 Å². The number of phenolic OH excluding ortho intramolecular Hbond substituents is 1. The Morgan fingerprint density at radius 3 is 2.50 bits per heavy atom. The van der Waals surface area contributed by atoms with Gasteiger partial charge >= 0.3 is 6.18 Å². The molecular weight excluding hydrogens is 330 g/mol. The molecule has 0 aromatic heterocycles. The summed E-state index contributed by atoms with van der Waals surface area (Å²) in [7, 11) is 0. The van der Waals surface area contributed by atoms with Crippen molar-refractivity contribution < 1.29 is 32.5 Å². The van der Waals surface area contributed by atoms with Gasteiger partial charge in [0.15, 0.2) is 12.0 Å². The molecule has 1 aromatic carbocycles. The van der Waals surface area contributed by atoms with Crippen LogP contribution in [0, 0.1) is 5.82 Å². The van der Waals surface area contributed by atoms with E-state index >= 15 is 0 Å². The predicted octanol–water partition coefficient (Wildman–Crippen LogP) is 3.31. The van der Waals surface area contributed by atoms with Crippen molar-refractivity contribution in [3.05, 3.63) is 29.6 Å². The van der Waals surface area contributed by atoms with E-state index in [4.69, 9.17) is 4.74 Å². The molecule has 0 saturated heterocycles. The number of benzene rings is 1. The highest BCUT2D eigenvalue weighted by molar-refractivity contribution is 5.49. The van der Waals surface area contributed by atoms with E-state index in [1.807, 2.05) is 0 Å². The molecule has 1 aliphatic heterocycles. The number of halogens is 4. The van der Waals surface area contributed by atoms with Crippen LogP contribution in [0.4, 0.5) is 17.6 Å². The number of hydrogen-bond acceptors (Lipinski definition) is 4. The molecule has 0 spiro atoms. The smallest absolute Gasteiger partial charge is 0.417 e. The average Bonchev–Trinajstić information content (AvgIpc) is 2.92. The summed E-state index contributed by atoms with van der Waals surface area (Å²) in [6.45, 7) is 2.78. The van der Waals surface area contributed by atoms with Crippen LogP contribution in [0.15, 0.2) is 23.2 Å². The van der Waals surface area contributed by atoms with Crippen LogP contribution >= 0.6 is 0 Å². The van der Waals surface area contributed by atoms with E-state index in [-0.39, 0.29) is 17.9 Å². The summed E-state index contributed by atoms with van der Waals surface area (Å²) >= 11 is 0. The number of rotatable bonds is 5. The molecule has 0 bridgehead atoms. The standard InChI is InChI=1S/C16H19F4NO3/c1-14(2,12-5-10(17)3-4-13(12)22)8-15(23,16(18,19)20)6-11-7-24-9-21-11/h3-5,9,11,22-23H,6-8H2,1-2H3. The van der Waals surface area contributed by atoms with E-state index in [0.717, 1.165) is 24.6 Å². The van der Waals surface area contributed by atoms with Crippen molar-refractivity contribution in [2.45, 2.75) is 49.9 Å². The lowest BCUT2D eigenvalue weighted by Gasteiger charge is -2.38. The van der Waals surface area contributed by atoms with Crippen molar-refractivity contribution in [2.24, 2.45) is 4.99 Å². The highest BCUT2D eigenvalue weighted by atomic mass is 19.4. The number of aromatic hydroxyl groups is 1. The molecule has 1 heterocycles. The number of aliphatic imine (C=N–C) groups is 1. The SMILES string of the molecule is CC(C)(CC(O)(CC1COC=N1)C(F)(F)F)c1cc(F)ccc1O. The highest BCUT2D eigenvalue weighted by Gasteiger charge is 2.57. The maximum Gasteiger partial charge on any atom is 0.417 e. The third kappa shape index (κ3) is 3.80. The highest BCUT2D eigenvalue weighted by Crippen LogP contribution is 2.45. The normalized spacial score (nSPS) is 20.7. The fraction of sp³-hybridized carbons (Fsp3) is 0.562. The molecule has 2 unspecified atom stereocenters. The van der Waals surface area contributed by atoms with Crippen molar-refractivity contribution in [3.8, 4) is 5.75 Å². The maximum atomic E-state index is 13.5.